The first-order valence-corrected chi connectivity index (χ1v) is 5.56. The Labute approximate surface area is 109 Å². The lowest BCUT2D eigenvalue weighted by atomic mass is 10.1. The Balaban J connectivity index is 2.22. The van der Waals surface area contributed by atoms with E-state index < -0.39 is 11.9 Å². The number of carboxylic acid groups (broad SMARTS) is 1. The zero-order valence-corrected chi connectivity index (χ0v) is 10.4. The number of nitrogens with zero attached hydrogens (tertiary/aromatic N) is 1. The van der Waals surface area contributed by atoms with Crippen molar-refractivity contribution in [2.75, 3.05) is 5.32 Å². The second-order valence-corrected chi connectivity index (χ2v) is 4.12. The van der Waals surface area contributed by atoms with Crippen molar-refractivity contribution < 1.29 is 19.2 Å². The lowest BCUT2D eigenvalue weighted by Crippen LogP contribution is -2.12. The highest BCUT2D eigenvalue weighted by molar-refractivity contribution is 6.03. The summed E-state index contributed by atoms with van der Waals surface area (Å²) in [5, 5.41) is 15.2. The van der Waals surface area contributed by atoms with E-state index in [-0.39, 0.29) is 11.3 Å². The number of aryl methyl sites for hydroxylation is 2. The van der Waals surface area contributed by atoms with Crippen LogP contribution in [-0.2, 0) is 0 Å². The normalized spacial score (nSPS) is 10.2. The molecule has 0 saturated heterocycles. The number of carboxylic acids is 1. The van der Waals surface area contributed by atoms with Crippen molar-refractivity contribution in [2.45, 2.75) is 13.8 Å². The summed E-state index contributed by atoms with van der Waals surface area (Å²) in [6.07, 6.45) is 0. The molecule has 0 aliphatic heterocycles. The molecule has 1 heterocycles. The number of nitrogens with one attached hydrogen (secondary N) is 1. The van der Waals surface area contributed by atoms with Crippen LogP contribution < -0.4 is 5.32 Å². The topological polar surface area (TPSA) is 92.4 Å². The van der Waals surface area contributed by atoms with Crippen molar-refractivity contribution in [1.82, 2.24) is 5.16 Å². The van der Waals surface area contributed by atoms with Gasteiger partial charge in [-0.15, -0.1) is 0 Å². The summed E-state index contributed by atoms with van der Waals surface area (Å²) in [4.78, 5) is 22.8. The molecule has 98 valence electrons. The van der Waals surface area contributed by atoms with E-state index in [2.05, 4.69) is 10.5 Å². The minimum absolute atomic E-state index is 0.0787. The Morgan fingerprint density at radius 1 is 1.26 bits per heavy atom. The number of benzene rings is 1. The van der Waals surface area contributed by atoms with Crippen LogP contribution in [0.1, 0.15) is 32.2 Å². The minimum atomic E-state index is -1.04. The van der Waals surface area contributed by atoms with Crippen molar-refractivity contribution in [1.29, 1.82) is 0 Å². The van der Waals surface area contributed by atoms with Gasteiger partial charge >= 0.3 is 5.97 Å². The molecule has 2 N–H and O–H groups in total. The predicted octanol–water partition coefficient (Wildman–Crippen LogP) is 2.24. The third-order valence-corrected chi connectivity index (χ3v) is 2.58. The third kappa shape index (κ3) is 2.79. The van der Waals surface area contributed by atoms with Crippen LogP contribution in [0.5, 0.6) is 0 Å². The van der Waals surface area contributed by atoms with Gasteiger partial charge in [-0.25, -0.2) is 4.79 Å². The molecule has 2 aromatic rings. The molecule has 19 heavy (non-hydrogen) atoms. The quantitative estimate of drug-likeness (QED) is 0.882. The Bertz CT molecular complexity index is 646. The van der Waals surface area contributed by atoms with Gasteiger partial charge in [0, 0.05) is 11.8 Å². The molecule has 0 spiro atoms. The number of carbonyl (C=O) groups is 2. The third-order valence-electron chi connectivity index (χ3n) is 2.58. The van der Waals surface area contributed by atoms with Gasteiger partial charge in [-0.3, -0.25) is 4.79 Å². The average Bonchev–Trinajstić information content (AvgIpc) is 2.78. The minimum Gasteiger partial charge on any atom is -0.478 e. The van der Waals surface area contributed by atoms with Gasteiger partial charge < -0.3 is 14.9 Å². The van der Waals surface area contributed by atoms with Crippen LogP contribution >= 0.6 is 0 Å². The number of hydrogen-bond acceptors (Lipinski definition) is 4. The van der Waals surface area contributed by atoms with E-state index in [1.165, 1.54) is 12.1 Å². The van der Waals surface area contributed by atoms with Gasteiger partial charge in [-0.05, 0) is 31.5 Å². The van der Waals surface area contributed by atoms with E-state index in [1.807, 2.05) is 0 Å². The molecule has 0 fully saturated rings. The van der Waals surface area contributed by atoms with Crippen molar-refractivity contribution in [3.63, 3.8) is 0 Å². The fraction of sp³-hybridized carbons (Fsp3) is 0.154. The first kappa shape index (κ1) is 12.8. The fourth-order valence-corrected chi connectivity index (χ4v) is 1.59. The van der Waals surface area contributed by atoms with Gasteiger partial charge in [0.25, 0.3) is 5.91 Å². The maximum absolute atomic E-state index is 11.8. The van der Waals surface area contributed by atoms with Crippen LogP contribution in [0.4, 0.5) is 5.69 Å². The van der Waals surface area contributed by atoms with E-state index >= 15 is 0 Å². The summed E-state index contributed by atoms with van der Waals surface area (Å²) in [5.74, 6) is -1.43. The predicted molar refractivity (Wildman–Crippen MR) is 67.3 cm³/mol. The maximum Gasteiger partial charge on any atom is 0.336 e. The van der Waals surface area contributed by atoms with Crippen LogP contribution in [-0.4, -0.2) is 22.1 Å². The SMILES string of the molecule is Cc1cc(C(=O)Nc2ccc(C)c(C(=O)O)c2)on1. The van der Waals surface area contributed by atoms with E-state index in [1.54, 1.807) is 26.0 Å². The second-order valence-electron chi connectivity index (χ2n) is 4.12. The number of aromatic carboxylic acids is 1. The molecule has 6 nitrogen and oxygen atoms in total. The molecule has 2 rings (SSSR count). The Hall–Kier alpha value is -2.63. The van der Waals surface area contributed by atoms with E-state index in [4.69, 9.17) is 9.63 Å². The summed E-state index contributed by atoms with van der Waals surface area (Å²) >= 11 is 0. The highest BCUT2D eigenvalue weighted by Crippen LogP contribution is 2.16. The number of hydrogen-bond donors (Lipinski definition) is 2. The molecule has 1 aromatic heterocycles. The van der Waals surface area contributed by atoms with Gasteiger partial charge in [0.2, 0.25) is 5.76 Å². The van der Waals surface area contributed by atoms with Gasteiger partial charge in [-0.2, -0.15) is 0 Å². The zero-order valence-electron chi connectivity index (χ0n) is 10.4. The van der Waals surface area contributed by atoms with Crippen LogP contribution in [0.2, 0.25) is 0 Å². The number of rotatable bonds is 3. The van der Waals surface area contributed by atoms with Crippen LogP contribution in [0.3, 0.4) is 0 Å². The molecular weight excluding hydrogens is 248 g/mol. The van der Waals surface area contributed by atoms with Crippen molar-refractivity contribution in [3.05, 3.63) is 46.8 Å². The van der Waals surface area contributed by atoms with Crippen molar-refractivity contribution >= 4 is 17.6 Å². The Morgan fingerprint density at radius 2 is 2.00 bits per heavy atom. The Kier molecular flexibility index (Phi) is 3.33. The standard InChI is InChI=1S/C13H12N2O4/c1-7-3-4-9(6-10(7)13(17)18)14-12(16)11-5-8(2)15-19-11/h3-6H,1-2H3,(H,14,16)(H,17,18). The molecule has 1 amide bonds. The van der Waals surface area contributed by atoms with Crippen LogP contribution in [0.25, 0.3) is 0 Å². The van der Waals surface area contributed by atoms with Crippen LogP contribution in [0.15, 0.2) is 28.8 Å². The Morgan fingerprint density at radius 3 is 2.58 bits per heavy atom. The number of anilines is 1. The van der Waals surface area contributed by atoms with Gasteiger partial charge in [0.05, 0.1) is 11.3 Å². The number of amides is 1. The molecule has 0 aliphatic carbocycles. The number of carbonyl (C=O) groups excluding carboxylic acids is 1. The molecule has 0 unspecified atom stereocenters. The van der Waals surface area contributed by atoms with E-state index in [0.717, 1.165) is 0 Å². The highest BCUT2D eigenvalue weighted by Gasteiger charge is 2.13. The first-order chi connectivity index (χ1) is 8.97. The lowest BCUT2D eigenvalue weighted by Gasteiger charge is -2.06. The molecule has 0 atom stereocenters. The highest BCUT2D eigenvalue weighted by atomic mass is 16.5. The van der Waals surface area contributed by atoms with E-state index in [9.17, 15) is 9.59 Å². The summed E-state index contributed by atoms with van der Waals surface area (Å²) in [5.41, 5.74) is 1.76. The monoisotopic (exact) mass is 260 g/mol. The summed E-state index contributed by atoms with van der Waals surface area (Å²) < 4.78 is 4.82. The van der Waals surface area contributed by atoms with Gasteiger partial charge in [0.15, 0.2) is 0 Å². The molecule has 6 heteroatoms. The summed E-state index contributed by atoms with van der Waals surface area (Å²) in [6, 6.07) is 6.16. The molecule has 0 bridgehead atoms. The summed E-state index contributed by atoms with van der Waals surface area (Å²) in [6.45, 7) is 3.39. The molecule has 1 aromatic carbocycles. The maximum atomic E-state index is 11.8. The van der Waals surface area contributed by atoms with Crippen molar-refractivity contribution in [3.8, 4) is 0 Å². The molecule has 0 saturated carbocycles. The molecule has 0 aliphatic rings. The van der Waals surface area contributed by atoms with Crippen molar-refractivity contribution in [2.24, 2.45) is 0 Å². The smallest absolute Gasteiger partial charge is 0.336 e. The average molecular weight is 260 g/mol. The fourth-order valence-electron chi connectivity index (χ4n) is 1.59. The van der Waals surface area contributed by atoms with Gasteiger partial charge in [-0.1, -0.05) is 11.2 Å². The van der Waals surface area contributed by atoms with E-state index in [0.29, 0.717) is 16.9 Å². The van der Waals surface area contributed by atoms with Gasteiger partial charge in [0.1, 0.15) is 0 Å². The largest absolute Gasteiger partial charge is 0.478 e. The summed E-state index contributed by atoms with van der Waals surface area (Å²) in [7, 11) is 0. The zero-order chi connectivity index (χ0) is 14.0. The number of aromatic nitrogens is 1. The second kappa shape index (κ2) is 4.93. The first-order valence-electron chi connectivity index (χ1n) is 5.56. The van der Waals surface area contributed by atoms with Crippen LogP contribution in [0, 0.1) is 13.8 Å². The molecule has 0 radical (unpaired) electrons. The molecular formula is C13H12N2O4. The lowest BCUT2D eigenvalue weighted by molar-refractivity contribution is 0.0695.